The van der Waals surface area contributed by atoms with Gasteiger partial charge in [0.1, 0.15) is 11.7 Å². The molecule has 0 radical (unpaired) electrons. The third-order valence-electron chi connectivity index (χ3n) is 5.27. The van der Waals surface area contributed by atoms with Crippen molar-refractivity contribution < 1.29 is 14.4 Å². The van der Waals surface area contributed by atoms with Crippen molar-refractivity contribution >= 4 is 29.3 Å². The third kappa shape index (κ3) is 4.73. The van der Waals surface area contributed by atoms with Crippen LogP contribution in [0, 0.1) is 5.41 Å². The van der Waals surface area contributed by atoms with Gasteiger partial charge in [0, 0.05) is 43.6 Å². The minimum absolute atomic E-state index is 0.162. The predicted molar refractivity (Wildman–Crippen MR) is 113 cm³/mol. The summed E-state index contributed by atoms with van der Waals surface area (Å²) in [4.78, 5) is 45.8. The lowest BCUT2D eigenvalue weighted by Crippen LogP contribution is -2.52. The number of nitrogens with two attached hydrogens (primary N) is 1. The van der Waals surface area contributed by atoms with Crippen molar-refractivity contribution in [2.45, 2.75) is 46.5 Å². The summed E-state index contributed by atoms with van der Waals surface area (Å²) in [7, 11) is 0. The van der Waals surface area contributed by atoms with Gasteiger partial charge in [0.25, 0.3) is 5.78 Å². The van der Waals surface area contributed by atoms with E-state index in [2.05, 4.69) is 15.3 Å². The number of amides is 2. The lowest BCUT2D eigenvalue weighted by atomic mass is 9.85. The van der Waals surface area contributed by atoms with Gasteiger partial charge >= 0.3 is 5.91 Å². The number of aromatic nitrogens is 1. The largest absolute Gasteiger partial charge is 0.387 e. The first-order valence-electron chi connectivity index (χ1n) is 10.1. The van der Waals surface area contributed by atoms with Gasteiger partial charge in [-0.3, -0.25) is 14.4 Å². The number of ketones is 1. The number of hydrogen-bond acceptors (Lipinski definition) is 7. The third-order valence-corrected chi connectivity index (χ3v) is 5.27. The molecule has 3 heterocycles. The average Bonchev–Trinajstić information content (AvgIpc) is 2.71. The normalized spacial score (nSPS) is 18.8. The van der Waals surface area contributed by atoms with Gasteiger partial charge in [-0.15, -0.1) is 0 Å². The van der Waals surface area contributed by atoms with E-state index < -0.39 is 17.1 Å². The van der Waals surface area contributed by atoms with E-state index in [1.54, 1.807) is 6.20 Å². The number of piperidine rings is 1. The quantitative estimate of drug-likeness (QED) is 0.564. The highest BCUT2D eigenvalue weighted by Crippen LogP contribution is 2.32. The molecule has 3 rings (SSSR count). The minimum Gasteiger partial charge on any atom is -0.387 e. The van der Waals surface area contributed by atoms with Gasteiger partial charge in [-0.2, -0.15) is 0 Å². The molecule has 9 nitrogen and oxygen atoms in total. The average molecular weight is 412 g/mol. The molecule has 1 aromatic heterocycles. The summed E-state index contributed by atoms with van der Waals surface area (Å²) in [6.45, 7) is 6.68. The van der Waals surface area contributed by atoms with Gasteiger partial charge in [0.05, 0.1) is 11.9 Å². The molecule has 0 saturated carbocycles. The number of nitrogens with one attached hydrogen (secondary N) is 1. The van der Waals surface area contributed by atoms with Crippen molar-refractivity contribution in [1.29, 1.82) is 0 Å². The second kappa shape index (κ2) is 8.74. The summed E-state index contributed by atoms with van der Waals surface area (Å²) < 4.78 is 0. The number of nitrogens with zero attached hydrogens (tertiary/aromatic N) is 4. The monoisotopic (exact) mass is 412 g/mol. The fraction of sp³-hybridized carbons (Fsp3) is 0.476. The molecule has 0 aliphatic carbocycles. The van der Waals surface area contributed by atoms with Gasteiger partial charge in [-0.05, 0) is 25.0 Å². The van der Waals surface area contributed by atoms with Crippen LogP contribution in [0.25, 0.3) is 0 Å². The number of hydrazine groups is 1. The summed E-state index contributed by atoms with van der Waals surface area (Å²) in [6.07, 6.45) is 6.38. The van der Waals surface area contributed by atoms with E-state index in [1.807, 2.05) is 18.9 Å². The Morgan fingerprint density at radius 3 is 2.43 bits per heavy atom. The number of pyridine rings is 1. The van der Waals surface area contributed by atoms with Crippen LogP contribution in [0.1, 0.15) is 56.8 Å². The molecule has 1 aromatic rings. The van der Waals surface area contributed by atoms with Crippen LogP contribution < -0.4 is 11.1 Å². The number of rotatable bonds is 5. The van der Waals surface area contributed by atoms with E-state index >= 15 is 0 Å². The van der Waals surface area contributed by atoms with E-state index in [9.17, 15) is 14.4 Å². The smallest absolute Gasteiger partial charge is 0.313 e. The molecule has 2 aliphatic rings. The number of Topliss-reactive ketones (excluding diaryl/α,β-unsaturated/α-hetero) is 1. The summed E-state index contributed by atoms with van der Waals surface area (Å²) in [5.74, 6) is -0.754. The second-order valence-electron chi connectivity index (χ2n) is 8.27. The summed E-state index contributed by atoms with van der Waals surface area (Å²) in [5.41, 5.74) is 6.41. The SMILES string of the molecule is CC(=O)Nc1ccc(C(=O)C(=O)N(C2=CN=C(N)C(C)(C)C2)N2CCCCC2)cn1. The number of aliphatic imine (C=N–C) groups is 1. The molecule has 0 atom stereocenters. The minimum atomic E-state index is -0.663. The summed E-state index contributed by atoms with van der Waals surface area (Å²) >= 11 is 0. The first-order valence-corrected chi connectivity index (χ1v) is 10.1. The molecule has 3 N–H and O–H groups in total. The van der Waals surface area contributed by atoms with E-state index in [4.69, 9.17) is 5.73 Å². The lowest BCUT2D eigenvalue weighted by molar-refractivity contribution is -0.141. The molecule has 0 bridgehead atoms. The van der Waals surface area contributed by atoms with Crippen LogP contribution in [-0.4, -0.2) is 51.5 Å². The van der Waals surface area contributed by atoms with Crippen molar-refractivity contribution in [2.24, 2.45) is 16.1 Å². The highest BCUT2D eigenvalue weighted by Gasteiger charge is 2.37. The Balaban J connectivity index is 1.88. The van der Waals surface area contributed by atoms with E-state index in [1.165, 1.54) is 30.3 Å². The highest BCUT2D eigenvalue weighted by atomic mass is 16.2. The van der Waals surface area contributed by atoms with Crippen LogP contribution in [-0.2, 0) is 9.59 Å². The summed E-state index contributed by atoms with van der Waals surface area (Å²) in [6, 6.07) is 2.99. The maximum Gasteiger partial charge on any atom is 0.313 e. The molecule has 1 saturated heterocycles. The van der Waals surface area contributed by atoms with Crippen molar-refractivity contribution in [2.75, 3.05) is 18.4 Å². The molecular weight excluding hydrogens is 384 g/mol. The van der Waals surface area contributed by atoms with Gasteiger partial charge in [0.2, 0.25) is 5.91 Å². The Bertz CT molecular complexity index is 898. The van der Waals surface area contributed by atoms with Crippen molar-refractivity contribution in [3.8, 4) is 0 Å². The van der Waals surface area contributed by atoms with E-state index in [0.717, 1.165) is 19.3 Å². The van der Waals surface area contributed by atoms with Crippen LogP contribution >= 0.6 is 0 Å². The first kappa shape index (κ1) is 21.6. The molecule has 1 fully saturated rings. The number of anilines is 1. The highest BCUT2D eigenvalue weighted by molar-refractivity contribution is 6.42. The number of allylic oxidation sites excluding steroid dienone is 1. The van der Waals surface area contributed by atoms with Crippen molar-refractivity contribution in [1.82, 2.24) is 15.0 Å². The summed E-state index contributed by atoms with van der Waals surface area (Å²) in [5, 5.41) is 5.93. The maximum atomic E-state index is 13.3. The van der Waals surface area contributed by atoms with Gasteiger partial charge in [-0.25, -0.2) is 20.0 Å². The van der Waals surface area contributed by atoms with Gasteiger partial charge < -0.3 is 11.1 Å². The molecule has 9 heteroatoms. The Morgan fingerprint density at radius 1 is 1.17 bits per heavy atom. The molecular formula is C21H28N6O3. The molecule has 2 amide bonds. The second-order valence-corrected chi connectivity index (χ2v) is 8.27. The van der Waals surface area contributed by atoms with E-state index in [0.29, 0.717) is 36.9 Å². The fourth-order valence-electron chi connectivity index (χ4n) is 3.56. The van der Waals surface area contributed by atoms with Crippen LogP contribution in [0.3, 0.4) is 0 Å². The van der Waals surface area contributed by atoms with Gasteiger partial charge in [0.15, 0.2) is 0 Å². The maximum absolute atomic E-state index is 13.3. The standard InChI is InChI=1S/C21H28N6O3/c1-14(28)25-17-8-7-15(12-23-17)18(29)19(30)27(26-9-5-4-6-10-26)16-11-21(2,3)20(22)24-13-16/h7-8,12-13H,4-6,9-11H2,1-3H3,(H2,22,24)(H,23,25,28). The van der Waals surface area contributed by atoms with Crippen LogP contribution in [0.4, 0.5) is 5.82 Å². The number of hydrogen-bond donors (Lipinski definition) is 2. The van der Waals surface area contributed by atoms with Crippen LogP contribution in [0.5, 0.6) is 0 Å². The van der Waals surface area contributed by atoms with E-state index in [-0.39, 0.29) is 11.5 Å². The van der Waals surface area contributed by atoms with Crippen LogP contribution in [0.2, 0.25) is 0 Å². The molecule has 0 aromatic carbocycles. The molecule has 0 spiro atoms. The Hall–Kier alpha value is -3.07. The molecule has 30 heavy (non-hydrogen) atoms. The molecule has 2 aliphatic heterocycles. The molecule has 0 unspecified atom stereocenters. The molecule has 160 valence electrons. The number of carbonyl (C=O) groups is 3. The Kier molecular flexibility index (Phi) is 6.31. The zero-order valence-corrected chi connectivity index (χ0v) is 17.6. The zero-order chi connectivity index (χ0) is 21.9. The predicted octanol–water partition coefficient (Wildman–Crippen LogP) is 2.08. The first-order chi connectivity index (χ1) is 14.2. The zero-order valence-electron chi connectivity index (χ0n) is 17.6. The van der Waals surface area contributed by atoms with Gasteiger partial charge in [-0.1, -0.05) is 20.3 Å². The van der Waals surface area contributed by atoms with Crippen molar-refractivity contribution in [3.05, 3.63) is 35.8 Å². The fourth-order valence-corrected chi connectivity index (χ4v) is 3.56. The lowest BCUT2D eigenvalue weighted by Gasteiger charge is -2.41. The number of carbonyl (C=O) groups excluding carboxylic acids is 3. The van der Waals surface area contributed by atoms with Crippen molar-refractivity contribution in [3.63, 3.8) is 0 Å². The Labute approximate surface area is 176 Å². The topological polar surface area (TPSA) is 121 Å². The van der Waals surface area contributed by atoms with Crippen LogP contribution in [0.15, 0.2) is 35.2 Å². The Morgan fingerprint density at radius 2 is 1.87 bits per heavy atom. The number of amidine groups is 1.